The van der Waals surface area contributed by atoms with E-state index < -0.39 is 0 Å². The quantitative estimate of drug-likeness (QED) is 0.712. The van der Waals surface area contributed by atoms with Gasteiger partial charge < -0.3 is 10.6 Å². The van der Waals surface area contributed by atoms with Crippen molar-refractivity contribution in [3.63, 3.8) is 0 Å². The molecular formula is C21H26N4O. The van der Waals surface area contributed by atoms with E-state index in [-0.39, 0.29) is 5.91 Å². The Labute approximate surface area is 155 Å². The third-order valence-corrected chi connectivity index (χ3v) is 4.56. The van der Waals surface area contributed by atoms with E-state index in [9.17, 15) is 4.79 Å². The molecule has 1 aromatic carbocycles. The molecule has 1 amide bonds. The molecule has 136 valence electrons. The summed E-state index contributed by atoms with van der Waals surface area (Å²) >= 11 is 0. The fourth-order valence-corrected chi connectivity index (χ4v) is 3.08. The van der Waals surface area contributed by atoms with Crippen LogP contribution in [-0.4, -0.2) is 29.0 Å². The summed E-state index contributed by atoms with van der Waals surface area (Å²) in [5.41, 5.74) is 3.09. The zero-order valence-corrected chi connectivity index (χ0v) is 15.1. The normalized spacial score (nSPS) is 13.8. The van der Waals surface area contributed by atoms with Crippen molar-refractivity contribution in [2.24, 2.45) is 0 Å². The largest absolute Gasteiger partial charge is 0.368 e. The van der Waals surface area contributed by atoms with Gasteiger partial charge in [-0.05, 0) is 44.1 Å². The van der Waals surface area contributed by atoms with Crippen molar-refractivity contribution in [3.8, 4) is 0 Å². The van der Waals surface area contributed by atoms with Crippen LogP contribution in [0.3, 0.4) is 0 Å². The van der Waals surface area contributed by atoms with Gasteiger partial charge in [0.25, 0.3) is 5.91 Å². The summed E-state index contributed by atoms with van der Waals surface area (Å²) in [7, 11) is 0. The molecule has 0 radical (unpaired) electrons. The van der Waals surface area contributed by atoms with Crippen LogP contribution in [0.1, 0.15) is 48.2 Å². The van der Waals surface area contributed by atoms with Crippen molar-refractivity contribution in [2.45, 2.75) is 38.5 Å². The Morgan fingerprint density at radius 1 is 1.00 bits per heavy atom. The Hall–Kier alpha value is -2.69. The molecule has 0 aliphatic heterocycles. The number of allylic oxidation sites excluding steroid dienone is 1. The van der Waals surface area contributed by atoms with Gasteiger partial charge in [-0.15, -0.1) is 0 Å². The number of rotatable bonds is 8. The Kier molecular flexibility index (Phi) is 6.76. The van der Waals surface area contributed by atoms with E-state index in [1.807, 2.05) is 18.2 Å². The number of nitrogens with zero attached hydrogens (tertiary/aromatic N) is 2. The van der Waals surface area contributed by atoms with E-state index in [4.69, 9.17) is 0 Å². The number of aromatic nitrogens is 2. The minimum Gasteiger partial charge on any atom is -0.368 e. The standard InChI is InChI=1S/C21H26N4O/c26-21(23-14-12-18-9-5-2-6-10-18)19-15-25-20(16-24-19)22-13-11-17-7-3-1-4-8-17/h1,3-4,7-9,15-16H,2,5-6,10-14H2,(H,22,25)(H,23,26). The van der Waals surface area contributed by atoms with Crippen molar-refractivity contribution in [3.05, 3.63) is 65.6 Å². The molecule has 0 bridgehead atoms. The third kappa shape index (κ3) is 5.69. The van der Waals surface area contributed by atoms with E-state index in [2.05, 4.69) is 38.8 Å². The molecule has 0 atom stereocenters. The highest BCUT2D eigenvalue weighted by Crippen LogP contribution is 2.19. The second kappa shape index (κ2) is 9.70. The first kappa shape index (κ1) is 18.1. The summed E-state index contributed by atoms with van der Waals surface area (Å²) < 4.78 is 0. The number of amides is 1. The molecule has 0 saturated heterocycles. The molecule has 3 rings (SSSR count). The van der Waals surface area contributed by atoms with Crippen LogP contribution in [0, 0.1) is 0 Å². The average Bonchev–Trinajstić information content (AvgIpc) is 2.70. The molecule has 0 saturated carbocycles. The summed E-state index contributed by atoms with van der Waals surface area (Å²) in [6.45, 7) is 1.43. The van der Waals surface area contributed by atoms with Gasteiger partial charge in [-0.1, -0.05) is 42.0 Å². The van der Waals surface area contributed by atoms with Crippen LogP contribution >= 0.6 is 0 Å². The summed E-state index contributed by atoms with van der Waals surface area (Å²) in [6, 6.07) is 10.3. The van der Waals surface area contributed by atoms with Gasteiger partial charge in [0.05, 0.1) is 12.4 Å². The lowest BCUT2D eigenvalue weighted by Gasteiger charge is -2.12. The molecule has 2 aromatic rings. The first-order valence-corrected chi connectivity index (χ1v) is 9.37. The van der Waals surface area contributed by atoms with Crippen molar-refractivity contribution in [1.82, 2.24) is 15.3 Å². The Balaban J connectivity index is 1.40. The maximum absolute atomic E-state index is 12.1. The molecule has 1 aromatic heterocycles. The smallest absolute Gasteiger partial charge is 0.271 e. The monoisotopic (exact) mass is 350 g/mol. The van der Waals surface area contributed by atoms with Gasteiger partial charge in [-0.25, -0.2) is 9.97 Å². The maximum Gasteiger partial charge on any atom is 0.271 e. The highest BCUT2D eigenvalue weighted by molar-refractivity contribution is 5.91. The van der Waals surface area contributed by atoms with Crippen LogP contribution in [0.15, 0.2) is 54.4 Å². The van der Waals surface area contributed by atoms with Crippen LogP contribution in [0.5, 0.6) is 0 Å². The first-order valence-electron chi connectivity index (χ1n) is 9.37. The number of hydrogen-bond donors (Lipinski definition) is 2. The molecular weight excluding hydrogens is 324 g/mol. The average molecular weight is 350 g/mol. The van der Waals surface area contributed by atoms with Crippen molar-refractivity contribution < 1.29 is 4.79 Å². The molecule has 5 nitrogen and oxygen atoms in total. The van der Waals surface area contributed by atoms with Crippen molar-refractivity contribution in [2.75, 3.05) is 18.4 Å². The van der Waals surface area contributed by atoms with E-state index in [1.54, 1.807) is 6.20 Å². The summed E-state index contributed by atoms with van der Waals surface area (Å²) in [6.07, 6.45) is 12.2. The Morgan fingerprint density at radius 2 is 1.88 bits per heavy atom. The molecule has 5 heteroatoms. The third-order valence-electron chi connectivity index (χ3n) is 4.56. The molecule has 26 heavy (non-hydrogen) atoms. The maximum atomic E-state index is 12.1. The van der Waals surface area contributed by atoms with Crippen LogP contribution in [0.2, 0.25) is 0 Å². The minimum atomic E-state index is -0.162. The zero-order chi connectivity index (χ0) is 18.0. The summed E-state index contributed by atoms with van der Waals surface area (Å²) in [4.78, 5) is 20.6. The molecule has 2 N–H and O–H groups in total. The zero-order valence-electron chi connectivity index (χ0n) is 15.1. The minimum absolute atomic E-state index is 0.162. The number of hydrogen-bond acceptors (Lipinski definition) is 4. The van der Waals surface area contributed by atoms with Gasteiger partial charge in [0.2, 0.25) is 0 Å². The second-order valence-corrected chi connectivity index (χ2v) is 6.56. The van der Waals surface area contributed by atoms with Crippen LogP contribution in [0.4, 0.5) is 5.82 Å². The van der Waals surface area contributed by atoms with Gasteiger partial charge in [0.15, 0.2) is 0 Å². The lowest BCUT2D eigenvalue weighted by atomic mass is 9.97. The van der Waals surface area contributed by atoms with E-state index in [0.717, 1.165) is 19.4 Å². The number of benzene rings is 1. The molecule has 1 aliphatic carbocycles. The number of nitrogens with one attached hydrogen (secondary N) is 2. The first-order chi connectivity index (χ1) is 12.8. The van der Waals surface area contributed by atoms with Crippen LogP contribution in [-0.2, 0) is 6.42 Å². The lowest BCUT2D eigenvalue weighted by Crippen LogP contribution is -2.26. The predicted molar refractivity (Wildman–Crippen MR) is 104 cm³/mol. The van der Waals surface area contributed by atoms with Crippen molar-refractivity contribution in [1.29, 1.82) is 0 Å². The topological polar surface area (TPSA) is 66.9 Å². The molecule has 0 spiro atoms. The van der Waals surface area contributed by atoms with Crippen LogP contribution in [0.25, 0.3) is 0 Å². The highest BCUT2D eigenvalue weighted by atomic mass is 16.1. The second-order valence-electron chi connectivity index (χ2n) is 6.56. The molecule has 0 unspecified atom stereocenters. The number of anilines is 1. The molecule has 1 aliphatic rings. The predicted octanol–water partition coefficient (Wildman–Crippen LogP) is 3.75. The van der Waals surface area contributed by atoms with Crippen LogP contribution < -0.4 is 10.6 Å². The fraction of sp³-hybridized carbons (Fsp3) is 0.381. The summed E-state index contributed by atoms with van der Waals surface area (Å²) in [5, 5.41) is 6.16. The van der Waals surface area contributed by atoms with Gasteiger partial charge in [-0.3, -0.25) is 4.79 Å². The van der Waals surface area contributed by atoms with Gasteiger partial charge >= 0.3 is 0 Å². The van der Waals surface area contributed by atoms with Crippen molar-refractivity contribution >= 4 is 11.7 Å². The van der Waals surface area contributed by atoms with E-state index in [1.165, 1.54) is 43.0 Å². The summed E-state index contributed by atoms with van der Waals surface area (Å²) in [5.74, 6) is 0.523. The van der Waals surface area contributed by atoms with E-state index >= 15 is 0 Å². The number of carbonyl (C=O) groups excluding carboxylic acids is 1. The SMILES string of the molecule is O=C(NCCC1=CCCCC1)c1cnc(NCCc2ccccc2)cn1. The Morgan fingerprint density at radius 3 is 2.62 bits per heavy atom. The Bertz CT molecular complexity index is 725. The number of carbonyl (C=O) groups is 1. The van der Waals surface area contributed by atoms with E-state index in [0.29, 0.717) is 18.1 Å². The molecule has 1 heterocycles. The van der Waals surface area contributed by atoms with Gasteiger partial charge in [0.1, 0.15) is 11.5 Å². The van der Waals surface area contributed by atoms with Gasteiger partial charge in [-0.2, -0.15) is 0 Å². The van der Waals surface area contributed by atoms with Gasteiger partial charge in [0, 0.05) is 13.1 Å². The lowest BCUT2D eigenvalue weighted by molar-refractivity contribution is 0.0948. The highest BCUT2D eigenvalue weighted by Gasteiger charge is 2.09. The fourth-order valence-electron chi connectivity index (χ4n) is 3.08. The molecule has 0 fully saturated rings.